The molecule has 0 rings (SSSR count). The van der Waals surface area contributed by atoms with Crippen LogP contribution in [0.2, 0.25) is 0 Å². The molecular formula is C4H6OS2. The lowest BCUT2D eigenvalue weighted by Crippen LogP contribution is -1.69. The molecule has 0 amide bonds. The third-order valence-corrected chi connectivity index (χ3v) is 0. The summed E-state index contributed by atoms with van der Waals surface area (Å²) in [6, 6.07) is 0. The summed E-state index contributed by atoms with van der Waals surface area (Å²) in [5.74, 6) is 0.167. The molecule has 0 saturated heterocycles. The molecule has 0 aromatic heterocycles. The number of hydrogen-bond acceptors (Lipinski definition) is 3. The van der Waals surface area contributed by atoms with Crippen molar-refractivity contribution in [2.24, 2.45) is 0 Å². The molecule has 1 nitrogen and oxygen atoms in total. The van der Waals surface area contributed by atoms with Gasteiger partial charge in [0.05, 0.1) is 0 Å². The molecule has 0 saturated carbocycles. The summed E-state index contributed by atoms with van der Waals surface area (Å²) >= 11 is 7.92. The van der Waals surface area contributed by atoms with Crippen LogP contribution >= 0.6 is 24.4 Å². The Hall–Kier alpha value is -0.110. The summed E-state index contributed by atoms with van der Waals surface area (Å²) in [5.41, 5.74) is 0. The summed E-state index contributed by atoms with van der Waals surface area (Å²) in [7, 11) is 0. The van der Waals surface area contributed by atoms with E-state index in [1.54, 1.807) is 0 Å². The molecule has 0 aromatic carbocycles. The van der Waals surface area contributed by atoms with Gasteiger partial charge in [-0.1, -0.05) is 0 Å². The van der Waals surface area contributed by atoms with Crippen LogP contribution in [0, 0.1) is 0 Å². The molecule has 40 valence electrons. The number of carbonyl (C=O) groups excluding carboxylic acids is 1. The van der Waals surface area contributed by atoms with Crippen LogP contribution < -0.4 is 0 Å². The molecule has 0 radical (unpaired) electrons. The quantitative estimate of drug-likeness (QED) is 0.468. The van der Waals surface area contributed by atoms with E-state index in [1.165, 1.54) is 13.8 Å². The highest BCUT2D eigenvalue weighted by Crippen LogP contribution is 1.50. The van der Waals surface area contributed by atoms with Crippen molar-refractivity contribution in [1.29, 1.82) is 0 Å². The second-order valence-electron chi connectivity index (χ2n) is 0.992. The van der Waals surface area contributed by atoms with Crippen LogP contribution in [0.25, 0.3) is 0 Å². The Labute approximate surface area is 53.7 Å². The molecule has 0 bridgehead atoms. The van der Waals surface area contributed by atoms with Crippen molar-refractivity contribution >= 4 is 34.5 Å². The highest BCUT2D eigenvalue weighted by atomic mass is 32.1. The molecule has 0 aliphatic rings. The van der Waals surface area contributed by atoms with Gasteiger partial charge in [-0.2, -0.15) is 0 Å². The second-order valence-corrected chi connectivity index (χ2v) is 1.66. The maximum atomic E-state index is 9.44. The predicted octanol–water partition coefficient (Wildman–Crippen LogP) is 1.61. The summed E-state index contributed by atoms with van der Waals surface area (Å²) in [6.07, 6.45) is 0. The van der Waals surface area contributed by atoms with Gasteiger partial charge in [0.25, 0.3) is 0 Å². The van der Waals surface area contributed by atoms with Crippen LogP contribution in [-0.2, 0) is 4.79 Å². The molecule has 0 aromatic rings. The van der Waals surface area contributed by atoms with Gasteiger partial charge in [0.15, 0.2) is 0 Å². The van der Waals surface area contributed by atoms with Gasteiger partial charge in [0, 0.05) is 4.31 Å². The van der Waals surface area contributed by atoms with Crippen LogP contribution in [0.1, 0.15) is 13.8 Å². The number of ketones is 1. The zero-order valence-corrected chi connectivity index (χ0v) is 5.86. The molecule has 0 spiro atoms. The summed E-state index contributed by atoms with van der Waals surface area (Å²) in [4.78, 5) is 9.44. The maximum Gasteiger partial charge on any atom is 0.126 e. The first-order valence-corrected chi connectivity index (χ1v) is 2.43. The Morgan fingerprint density at radius 1 is 1.43 bits per heavy atom. The monoisotopic (exact) mass is 134 g/mol. The molecule has 0 N–H and O–H groups in total. The van der Waals surface area contributed by atoms with E-state index >= 15 is 0 Å². The fourth-order valence-corrected chi connectivity index (χ4v) is 0. The number of thiocarbonyl (C=S) groups is 2. The van der Waals surface area contributed by atoms with E-state index in [1.807, 2.05) is 4.31 Å². The molecule has 0 aliphatic carbocycles. The summed E-state index contributed by atoms with van der Waals surface area (Å²) in [5, 5.41) is 0. The van der Waals surface area contributed by atoms with Crippen molar-refractivity contribution in [3.8, 4) is 0 Å². The van der Waals surface area contributed by atoms with E-state index < -0.39 is 0 Å². The Kier molecular flexibility index (Phi) is 13.3. The minimum absolute atomic E-state index is 0.167. The van der Waals surface area contributed by atoms with Gasteiger partial charge in [0.1, 0.15) is 5.78 Å². The van der Waals surface area contributed by atoms with E-state index in [0.29, 0.717) is 0 Å². The van der Waals surface area contributed by atoms with Crippen molar-refractivity contribution < 1.29 is 4.79 Å². The molecular weight excluding hydrogens is 128 g/mol. The Morgan fingerprint density at radius 2 is 1.43 bits per heavy atom. The lowest BCUT2D eigenvalue weighted by atomic mass is 10.6. The normalized spacial score (nSPS) is 4.86. The van der Waals surface area contributed by atoms with E-state index in [0.717, 1.165) is 0 Å². The molecule has 0 atom stereocenters. The van der Waals surface area contributed by atoms with E-state index in [9.17, 15) is 4.79 Å². The molecule has 7 heavy (non-hydrogen) atoms. The minimum atomic E-state index is 0.167. The van der Waals surface area contributed by atoms with Gasteiger partial charge in [-0.15, -0.1) is 0 Å². The number of Topliss-reactive ketones (excluding diaryl/α,β-unsaturated/α-hetero) is 1. The zero-order valence-electron chi connectivity index (χ0n) is 4.22. The minimum Gasteiger partial charge on any atom is -0.300 e. The Morgan fingerprint density at radius 3 is 1.43 bits per heavy atom. The number of rotatable bonds is 0. The second kappa shape index (κ2) is 9.31. The van der Waals surface area contributed by atoms with Gasteiger partial charge in [0.2, 0.25) is 0 Å². The standard InChI is InChI=1S/C3H6O.CS2/c1-3(2)4;2-1-3/h1-2H3;. The van der Waals surface area contributed by atoms with Crippen LogP contribution in [-0.4, -0.2) is 10.1 Å². The van der Waals surface area contributed by atoms with Crippen molar-refractivity contribution in [3.63, 3.8) is 0 Å². The van der Waals surface area contributed by atoms with Crippen LogP contribution in [0.3, 0.4) is 0 Å². The van der Waals surface area contributed by atoms with Crippen molar-refractivity contribution in [2.75, 3.05) is 0 Å². The Bertz CT molecular complexity index is 77.7. The first-order chi connectivity index (χ1) is 3.15. The van der Waals surface area contributed by atoms with E-state index in [2.05, 4.69) is 24.4 Å². The predicted molar refractivity (Wildman–Crippen MR) is 36.5 cm³/mol. The first kappa shape index (κ1) is 10.00. The summed E-state index contributed by atoms with van der Waals surface area (Å²) < 4.78 is 1.92. The molecule has 0 unspecified atom stereocenters. The van der Waals surface area contributed by atoms with Gasteiger partial charge < -0.3 is 4.79 Å². The SMILES string of the molecule is CC(C)=O.S=C=S. The topological polar surface area (TPSA) is 17.1 Å². The number of hydrogen-bond donors (Lipinski definition) is 0. The largest absolute Gasteiger partial charge is 0.300 e. The van der Waals surface area contributed by atoms with Gasteiger partial charge in [-0.05, 0) is 38.3 Å². The van der Waals surface area contributed by atoms with Crippen LogP contribution in [0.5, 0.6) is 0 Å². The fourth-order valence-electron chi connectivity index (χ4n) is 0. The lowest BCUT2D eigenvalue weighted by molar-refractivity contribution is -0.114. The van der Waals surface area contributed by atoms with Gasteiger partial charge in [-0.25, -0.2) is 0 Å². The fraction of sp³-hybridized carbons (Fsp3) is 0.500. The van der Waals surface area contributed by atoms with Gasteiger partial charge >= 0.3 is 0 Å². The van der Waals surface area contributed by atoms with Crippen molar-refractivity contribution in [2.45, 2.75) is 13.8 Å². The zero-order chi connectivity index (χ0) is 6.28. The average molecular weight is 134 g/mol. The molecule has 0 heterocycles. The van der Waals surface area contributed by atoms with E-state index in [-0.39, 0.29) is 5.78 Å². The highest BCUT2D eigenvalue weighted by Gasteiger charge is 1.62. The average Bonchev–Trinajstić information content (AvgIpc) is 1.33. The Balaban J connectivity index is 0. The molecule has 0 aliphatic heterocycles. The smallest absolute Gasteiger partial charge is 0.126 e. The lowest BCUT2D eigenvalue weighted by Gasteiger charge is -1.56. The van der Waals surface area contributed by atoms with Gasteiger partial charge in [-0.3, -0.25) is 0 Å². The number of carbonyl (C=O) groups is 1. The van der Waals surface area contributed by atoms with Crippen LogP contribution in [0.15, 0.2) is 0 Å². The van der Waals surface area contributed by atoms with E-state index in [4.69, 9.17) is 0 Å². The molecule has 0 fully saturated rings. The third-order valence-electron chi connectivity index (χ3n) is 0. The van der Waals surface area contributed by atoms with Crippen molar-refractivity contribution in [1.82, 2.24) is 0 Å². The third kappa shape index (κ3) is 7370. The first-order valence-electron chi connectivity index (χ1n) is 1.61. The highest BCUT2D eigenvalue weighted by molar-refractivity contribution is 7.93. The van der Waals surface area contributed by atoms with Crippen LogP contribution in [0.4, 0.5) is 0 Å². The maximum absolute atomic E-state index is 9.44. The summed E-state index contributed by atoms with van der Waals surface area (Å²) in [6.45, 7) is 3.06. The van der Waals surface area contributed by atoms with Crippen molar-refractivity contribution in [3.05, 3.63) is 0 Å². The molecule has 3 heteroatoms.